The van der Waals surface area contributed by atoms with Crippen molar-refractivity contribution in [3.05, 3.63) is 39.8 Å². The van der Waals surface area contributed by atoms with Gasteiger partial charge in [-0.05, 0) is 56.4 Å². The second-order valence-electron chi connectivity index (χ2n) is 9.41. The fourth-order valence-corrected chi connectivity index (χ4v) is 6.48. The molecule has 6 nitrogen and oxygen atoms in total. The minimum absolute atomic E-state index is 0.0161. The van der Waals surface area contributed by atoms with Crippen molar-refractivity contribution in [3.8, 4) is 0 Å². The highest BCUT2D eigenvalue weighted by molar-refractivity contribution is 5.81. The zero-order valence-corrected chi connectivity index (χ0v) is 17.8. The fraction of sp³-hybridized carbons (Fsp3) is 0.667. The summed E-state index contributed by atoms with van der Waals surface area (Å²) in [5.41, 5.74) is 2.98. The van der Waals surface area contributed by atoms with Gasteiger partial charge in [-0.25, -0.2) is 0 Å². The van der Waals surface area contributed by atoms with Crippen molar-refractivity contribution in [1.82, 2.24) is 14.8 Å². The maximum atomic E-state index is 13.4. The summed E-state index contributed by atoms with van der Waals surface area (Å²) in [5, 5.41) is 13.5. The summed E-state index contributed by atoms with van der Waals surface area (Å²) in [6, 6.07) is 4.16. The minimum atomic E-state index is -0.315. The number of aliphatic hydroxyl groups excluding tert-OH is 1. The quantitative estimate of drug-likeness (QED) is 0.781. The number of nitrogens with zero attached hydrogens (tertiary/aromatic N) is 2. The standard InChI is InChI=1S/C24H33N3O3/c1-2-26-20-13-27-19(12-11-17(24(27)30)15-7-3-4-8-15)22(26)21(18(20)14-28)23(29)25-16-9-5-6-10-16/h7,11-12,16,18,20-22,28H,2-6,8-10,13-14H2,1H3,(H,25,29)/t18-,20-,21+,22+/m1/s1. The maximum Gasteiger partial charge on any atom is 0.258 e. The van der Waals surface area contributed by atoms with Gasteiger partial charge in [-0.2, -0.15) is 0 Å². The molecule has 0 radical (unpaired) electrons. The van der Waals surface area contributed by atoms with Crippen molar-refractivity contribution in [2.45, 2.75) is 76.5 Å². The first-order valence-corrected chi connectivity index (χ1v) is 11.7. The van der Waals surface area contributed by atoms with E-state index in [1.54, 1.807) is 0 Å². The Labute approximate surface area is 178 Å². The number of rotatable bonds is 5. The third kappa shape index (κ3) is 3.07. The third-order valence-electron chi connectivity index (χ3n) is 7.93. The van der Waals surface area contributed by atoms with Crippen molar-refractivity contribution in [2.75, 3.05) is 13.2 Å². The molecule has 4 aliphatic rings. The maximum absolute atomic E-state index is 13.4. The number of carbonyl (C=O) groups is 1. The largest absolute Gasteiger partial charge is 0.396 e. The molecular weight excluding hydrogens is 378 g/mol. The van der Waals surface area contributed by atoms with Gasteiger partial charge in [0.15, 0.2) is 0 Å². The van der Waals surface area contributed by atoms with Gasteiger partial charge in [0.2, 0.25) is 5.91 Å². The summed E-state index contributed by atoms with van der Waals surface area (Å²) in [6.07, 6.45) is 9.74. The molecule has 1 amide bonds. The lowest BCUT2D eigenvalue weighted by atomic mass is 9.86. The number of hydrogen-bond donors (Lipinski definition) is 2. The van der Waals surface area contributed by atoms with Gasteiger partial charge in [-0.3, -0.25) is 14.5 Å². The topological polar surface area (TPSA) is 74.6 Å². The minimum Gasteiger partial charge on any atom is -0.396 e. The zero-order valence-electron chi connectivity index (χ0n) is 17.8. The Morgan fingerprint density at radius 1 is 1.23 bits per heavy atom. The summed E-state index contributed by atoms with van der Waals surface area (Å²) < 4.78 is 1.90. The number of fused-ring (bicyclic) bond motifs is 4. The molecule has 0 aromatic carbocycles. The first-order valence-electron chi connectivity index (χ1n) is 11.7. The van der Waals surface area contributed by atoms with Crippen molar-refractivity contribution in [1.29, 1.82) is 0 Å². The van der Waals surface area contributed by atoms with Crippen molar-refractivity contribution >= 4 is 11.5 Å². The van der Waals surface area contributed by atoms with E-state index in [9.17, 15) is 14.7 Å². The van der Waals surface area contributed by atoms with Gasteiger partial charge in [0.05, 0.1) is 12.0 Å². The lowest BCUT2D eigenvalue weighted by Crippen LogP contribution is -2.46. The summed E-state index contributed by atoms with van der Waals surface area (Å²) in [6.45, 7) is 3.44. The monoisotopic (exact) mass is 411 g/mol. The normalized spacial score (nSPS) is 31.1. The van der Waals surface area contributed by atoms with Gasteiger partial charge in [-0.15, -0.1) is 0 Å². The van der Waals surface area contributed by atoms with Gasteiger partial charge in [0.25, 0.3) is 5.56 Å². The highest BCUT2D eigenvalue weighted by Gasteiger charge is 2.55. The zero-order chi connectivity index (χ0) is 20.8. The first-order chi connectivity index (χ1) is 14.6. The van der Waals surface area contributed by atoms with E-state index < -0.39 is 0 Å². The Hall–Kier alpha value is -1.92. The number of amides is 1. The van der Waals surface area contributed by atoms with Crippen LogP contribution in [0.25, 0.3) is 5.57 Å². The number of aliphatic hydroxyl groups is 1. The summed E-state index contributed by atoms with van der Waals surface area (Å²) in [7, 11) is 0. The Morgan fingerprint density at radius 3 is 2.70 bits per heavy atom. The van der Waals surface area contributed by atoms with Crippen LogP contribution in [-0.2, 0) is 11.3 Å². The molecule has 1 aromatic heterocycles. The molecule has 0 spiro atoms. The average molecular weight is 412 g/mol. The van der Waals surface area contributed by atoms with Gasteiger partial charge in [0, 0.05) is 42.4 Å². The molecule has 5 rings (SSSR count). The molecule has 30 heavy (non-hydrogen) atoms. The van der Waals surface area contributed by atoms with Crippen LogP contribution in [0.5, 0.6) is 0 Å². The van der Waals surface area contributed by atoms with E-state index in [1.165, 1.54) is 12.8 Å². The number of aromatic nitrogens is 1. The van der Waals surface area contributed by atoms with Crippen LogP contribution in [-0.4, -0.2) is 45.7 Å². The lowest BCUT2D eigenvalue weighted by molar-refractivity contribution is -0.128. The number of carbonyl (C=O) groups excluding carboxylic acids is 1. The van der Waals surface area contributed by atoms with E-state index in [0.29, 0.717) is 6.54 Å². The van der Waals surface area contributed by atoms with E-state index in [-0.39, 0.29) is 48.0 Å². The van der Waals surface area contributed by atoms with Crippen LogP contribution in [0.2, 0.25) is 0 Å². The van der Waals surface area contributed by atoms with Crippen LogP contribution in [0.1, 0.15) is 69.2 Å². The van der Waals surface area contributed by atoms with Crippen LogP contribution in [0.4, 0.5) is 0 Å². The van der Waals surface area contributed by atoms with E-state index in [0.717, 1.165) is 55.5 Å². The molecule has 2 fully saturated rings. The third-order valence-corrected chi connectivity index (χ3v) is 7.93. The van der Waals surface area contributed by atoms with E-state index in [4.69, 9.17) is 0 Å². The molecule has 3 heterocycles. The molecule has 2 bridgehead atoms. The Balaban J connectivity index is 1.54. The van der Waals surface area contributed by atoms with Crippen molar-refractivity contribution in [3.63, 3.8) is 0 Å². The van der Waals surface area contributed by atoms with Gasteiger partial charge in [0.1, 0.15) is 0 Å². The second-order valence-corrected chi connectivity index (χ2v) is 9.41. The summed E-state index contributed by atoms with van der Waals surface area (Å²) in [4.78, 5) is 29.1. The van der Waals surface area contributed by atoms with Gasteiger partial charge < -0.3 is 15.0 Å². The van der Waals surface area contributed by atoms with E-state index in [1.807, 2.05) is 10.6 Å². The second kappa shape index (κ2) is 7.97. The predicted molar refractivity (Wildman–Crippen MR) is 116 cm³/mol. The van der Waals surface area contributed by atoms with Gasteiger partial charge in [-0.1, -0.05) is 25.8 Å². The lowest BCUT2D eigenvalue weighted by Gasteiger charge is -2.37. The Morgan fingerprint density at radius 2 is 2.03 bits per heavy atom. The fourth-order valence-electron chi connectivity index (χ4n) is 6.48. The number of likely N-dealkylation sites (N-methyl/N-ethyl adjacent to an activating group) is 1. The van der Waals surface area contributed by atoms with Crippen LogP contribution < -0.4 is 10.9 Å². The Kier molecular flexibility index (Phi) is 5.31. The van der Waals surface area contributed by atoms with Crippen molar-refractivity contribution in [2.24, 2.45) is 11.8 Å². The summed E-state index contributed by atoms with van der Waals surface area (Å²) >= 11 is 0. The molecule has 162 valence electrons. The molecule has 0 unspecified atom stereocenters. The summed E-state index contributed by atoms with van der Waals surface area (Å²) in [5.74, 6) is -0.412. The molecule has 1 saturated heterocycles. The van der Waals surface area contributed by atoms with Crippen molar-refractivity contribution < 1.29 is 9.90 Å². The Bertz CT molecular complexity index is 915. The highest BCUT2D eigenvalue weighted by Crippen LogP contribution is 2.48. The van der Waals surface area contributed by atoms with E-state index >= 15 is 0 Å². The SMILES string of the molecule is CCN1[C@@H]2Cn3c(ccc(C4=CCCC4)c3=O)[C@H]1[C@@H](C(=O)NC1CCCC1)[C@@H]2CO. The molecule has 2 N–H and O–H groups in total. The molecule has 1 aromatic rings. The van der Waals surface area contributed by atoms with Crippen LogP contribution in [0, 0.1) is 11.8 Å². The predicted octanol–water partition coefficient (Wildman–Crippen LogP) is 2.46. The molecule has 1 saturated carbocycles. The van der Waals surface area contributed by atoms with Crippen LogP contribution in [0.3, 0.4) is 0 Å². The number of pyridine rings is 1. The van der Waals surface area contributed by atoms with Crippen LogP contribution >= 0.6 is 0 Å². The number of allylic oxidation sites excluding steroid dienone is 2. The number of nitrogens with one attached hydrogen (secondary N) is 1. The van der Waals surface area contributed by atoms with Crippen LogP contribution in [0.15, 0.2) is 23.0 Å². The first kappa shape index (κ1) is 20.0. The smallest absolute Gasteiger partial charge is 0.258 e. The van der Waals surface area contributed by atoms with E-state index in [2.05, 4.69) is 29.3 Å². The molecule has 4 atom stereocenters. The highest BCUT2D eigenvalue weighted by atomic mass is 16.3. The molecule has 6 heteroatoms. The number of hydrogen-bond acceptors (Lipinski definition) is 4. The molecule has 2 aliphatic carbocycles. The average Bonchev–Trinajstić information content (AvgIpc) is 3.48. The van der Waals surface area contributed by atoms with Gasteiger partial charge >= 0.3 is 0 Å². The molecule has 2 aliphatic heterocycles. The molecular formula is C24H33N3O3.